The van der Waals surface area contributed by atoms with Crippen LogP contribution in [0.2, 0.25) is 0 Å². The summed E-state index contributed by atoms with van der Waals surface area (Å²) in [6.45, 7) is 1.22. The summed E-state index contributed by atoms with van der Waals surface area (Å²) < 4.78 is 18.4. The van der Waals surface area contributed by atoms with Crippen molar-refractivity contribution < 1.29 is 9.13 Å². The van der Waals surface area contributed by atoms with Crippen LogP contribution in [-0.2, 0) is 24.1 Å². The van der Waals surface area contributed by atoms with Gasteiger partial charge in [0, 0.05) is 11.4 Å². The van der Waals surface area contributed by atoms with Crippen molar-refractivity contribution in [3.8, 4) is 0 Å². The van der Waals surface area contributed by atoms with Crippen molar-refractivity contribution in [3.05, 3.63) is 15.6 Å². The molecule has 94 valence electrons. The number of halogens is 1. The maximum atomic E-state index is 13.4. The first kappa shape index (κ1) is 11.6. The fourth-order valence-electron chi connectivity index (χ4n) is 2.48. The number of rotatable bonds is 3. The fraction of sp³-hybridized carbons (Fsp3) is 0.750. The topological polar surface area (TPSA) is 34.1 Å². The zero-order valence-corrected chi connectivity index (χ0v) is 10.6. The molecular formula is C12H17FN2OS. The van der Waals surface area contributed by atoms with E-state index in [1.165, 1.54) is 23.4 Å². The van der Waals surface area contributed by atoms with Gasteiger partial charge in [0.15, 0.2) is 0 Å². The van der Waals surface area contributed by atoms with Gasteiger partial charge in [0.05, 0.1) is 18.3 Å². The van der Waals surface area contributed by atoms with Crippen molar-refractivity contribution in [1.29, 1.82) is 0 Å². The Balaban J connectivity index is 1.56. The fourth-order valence-corrected chi connectivity index (χ4v) is 3.59. The van der Waals surface area contributed by atoms with Gasteiger partial charge < -0.3 is 10.1 Å². The van der Waals surface area contributed by atoms with Crippen molar-refractivity contribution >= 4 is 11.3 Å². The number of aryl methyl sites for hydroxylation is 2. The number of nitrogens with one attached hydrogen (secondary N) is 1. The lowest BCUT2D eigenvalue weighted by molar-refractivity contribution is -0.0897. The van der Waals surface area contributed by atoms with E-state index in [1.54, 1.807) is 11.3 Å². The molecule has 5 heteroatoms. The number of hydrogen-bond donors (Lipinski definition) is 1. The number of thiazole rings is 1. The average Bonchev–Trinajstić information content (AvgIpc) is 2.88. The minimum atomic E-state index is -1.16. The normalized spacial score (nSPS) is 28.3. The number of fused-ring (bicyclic) bond motifs is 1. The van der Waals surface area contributed by atoms with Crippen LogP contribution in [0.25, 0.3) is 0 Å². The highest BCUT2D eigenvalue weighted by Gasteiger charge is 2.25. The molecular weight excluding hydrogens is 239 g/mol. The molecule has 3 nitrogen and oxygen atoms in total. The third-order valence-corrected chi connectivity index (χ3v) is 4.57. The Labute approximate surface area is 104 Å². The van der Waals surface area contributed by atoms with Crippen molar-refractivity contribution in [2.75, 3.05) is 6.61 Å². The Kier molecular flexibility index (Phi) is 3.40. The SMILES string of the molecule is FC1OCCCC1NCc1nc2c(s1)CCC2. The minimum absolute atomic E-state index is 0.164. The molecule has 0 radical (unpaired) electrons. The summed E-state index contributed by atoms with van der Waals surface area (Å²) in [6.07, 6.45) is 4.16. The summed E-state index contributed by atoms with van der Waals surface area (Å²) in [4.78, 5) is 6.02. The smallest absolute Gasteiger partial charge is 0.214 e. The number of aromatic nitrogens is 1. The Morgan fingerprint density at radius 2 is 2.35 bits per heavy atom. The molecule has 0 saturated carbocycles. The van der Waals surface area contributed by atoms with Gasteiger partial charge in [0.2, 0.25) is 6.36 Å². The molecule has 0 spiro atoms. The van der Waals surface area contributed by atoms with E-state index in [9.17, 15) is 4.39 Å². The number of ether oxygens (including phenoxy) is 1. The molecule has 2 unspecified atom stereocenters. The van der Waals surface area contributed by atoms with E-state index in [1.807, 2.05) is 0 Å². The van der Waals surface area contributed by atoms with E-state index in [-0.39, 0.29) is 6.04 Å². The first-order chi connectivity index (χ1) is 8.33. The molecule has 17 heavy (non-hydrogen) atoms. The molecule has 3 rings (SSSR count). The predicted octanol–water partition coefficient (Wildman–Crippen LogP) is 2.20. The maximum absolute atomic E-state index is 13.4. The Bertz CT molecular complexity index is 374. The van der Waals surface area contributed by atoms with Crippen LogP contribution in [0, 0.1) is 0 Å². The number of hydrogen-bond acceptors (Lipinski definition) is 4. The molecule has 0 bridgehead atoms. The van der Waals surface area contributed by atoms with Crippen molar-refractivity contribution in [3.63, 3.8) is 0 Å². The summed E-state index contributed by atoms with van der Waals surface area (Å²) in [5.41, 5.74) is 1.27. The van der Waals surface area contributed by atoms with Crippen LogP contribution in [0.4, 0.5) is 4.39 Å². The summed E-state index contributed by atoms with van der Waals surface area (Å²) >= 11 is 1.77. The Morgan fingerprint density at radius 1 is 1.41 bits per heavy atom. The van der Waals surface area contributed by atoms with Gasteiger partial charge in [-0.3, -0.25) is 0 Å². The summed E-state index contributed by atoms with van der Waals surface area (Å²) in [5.74, 6) is 0. The molecule has 1 aromatic heterocycles. The van der Waals surface area contributed by atoms with Crippen molar-refractivity contribution in [2.24, 2.45) is 0 Å². The lowest BCUT2D eigenvalue weighted by Crippen LogP contribution is -2.41. The maximum Gasteiger partial charge on any atom is 0.214 e. The first-order valence-electron chi connectivity index (χ1n) is 6.29. The van der Waals surface area contributed by atoms with Crippen LogP contribution in [0.5, 0.6) is 0 Å². The zero-order valence-electron chi connectivity index (χ0n) is 9.75. The molecule has 2 aliphatic rings. The van der Waals surface area contributed by atoms with Gasteiger partial charge in [0.25, 0.3) is 0 Å². The van der Waals surface area contributed by atoms with Crippen molar-refractivity contribution in [1.82, 2.24) is 10.3 Å². The van der Waals surface area contributed by atoms with Gasteiger partial charge in [-0.05, 0) is 32.1 Å². The summed E-state index contributed by atoms with van der Waals surface area (Å²) in [6, 6.07) is -0.164. The van der Waals surface area contributed by atoms with Gasteiger partial charge in [-0.15, -0.1) is 11.3 Å². The summed E-state index contributed by atoms with van der Waals surface area (Å²) in [7, 11) is 0. The van der Waals surface area contributed by atoms with Gasteiger partial charge in [-0.25, -0.2) is 9.37 Å². The quantitative estimate of drug-likeness (QED) is 0.900. The average molecular weight is 256 g/mol. The third kappa shape index (κ3) is 2.51. The molecule has 1 aliphatic carbocycles. The van der Waals surface area contributed by atoms with E-state index in [0.29, 0.717) is 13.2 Å². The molecule has 1 fully saturated rings. The second-order valence-electron chi connectivity index (χ2n) is 4.68. The summed E-state index contributed by atoms with van der Waals surface area (Å²) in [5, 5.41) is 4.31. The molecule has 1 N–H and O–H groups in total. The molecule has 2 heterocycles. The number of nitrogens with zero attached hydrogens (tertiary/aromatic N) is 1. The van der Waals surface area contributed by atoms with Gasteiger partial charge in [0.1, 0.15) is 5.01 Å². The molecule has 1 saturated heterocycles. The molecule has 0 amide bonds. The molecule has 2 atom stereocenters. The van der Waals surface area contributed by atoms with Crippen LogP contribution in [0.15, 0.2) is 0 Å². The van der Waals surface area contributed by atoms with Crippen LogP contribution >= 0.6 is 11.3 Å². The van der Waals surface area contributed by atoms with Gasteiger partial charge in [-0.2, -0.15) is 0 Å². The van der Waals surface area contributed by atoms with E-state index in [0.717, 1.165) is 24.3 Å². The predicted molar refractivity (Wildman–Crippen MR) is 64.8 cm³/mol. The van der Waals surface area contributed by atoms with Gasteiger partial charge in [-0.1, -0.05) is 0 Å². The monoisotopic (exact) mass is 256 g/mol. The van der Waals surface area contributed by atoms with E-state index < -0.39 is 6.36 Å². The lowest BCUT2D eigenvalue weighted by atomic mass is 10.1. The lowest BCUT2D eigenvalue weighted by Gasteiger charge is -2.26. The standard InChI is InChI=1S/C12H17FN2OS/c13-12-9(4-2-6-16-12)14-7-11-15-8-3-1-5-10(8)17-11/h9,12,14H,1-7H2. The van der Waals surface area contributed by atoms with Crippen LogP contribution in [0.1, 0.15) is 34.8 Å². The van der Waals surface area contributed by atoms with Gasteiger partial charge >= 0.3 is 0 Å². The molecule has 0 aromatic carbocycles. The highest BCUT2D eigenvalue weighted by molar-refractivity contribution is 7.11. The Morgan fingerprint density at radius 3 is 3.18 bits per heavy atom. The van der Waals surface area contributed by atoms with E-state index >= 15 is 0 Å². The Hall–Kier alpha value is -0.520. The highest BCUT2D eigenvalue weighted by atomic mass is 32.1. The molecule has 1 aromatic rings. The molecule has 1 aliphatic heterocycles. The van der Waals surface area contributed by atoms with Crippen LogP contribution in [0.3, 0.4) is 0 Å². The third-order valence-electron chi connectivity index (χ3n) is 3.41. The van der Waals surface area contributed by atoms with Crippen LogP contribution < -0.4 is 5.32 Å². The zero-order chi connectivity index (χ0) is 11.7. The van der Waals surface area contributed by atoms with Crippen molar-refractivity contribution in [2.45, 2.75) is 51.0 Å². The number of alkyl halides is 1. The first-order valence-corrected chi connectivity index (χ1v) is 7.11. The second kappa shape index (κ2) is 5.00. The van der Waals surface area contributed by atoms with E-state index in [2.05, 4.69) is 10.3 Å². The highest BCUT2D eigenvalue weighted by Crippen LogP contribution is 2.27. The van der Waals surface area contributed by atoms with E-state index in [4.69, 9.17) is 4.74 Å². The largest absolute Gasteiger partial charge is 0.347 e. The second-order valence-corrected chi connectivity index (χ2v) is 5.85. The van der Waals surface area contributed by atoms with Crippen LogP contribution in [-0.4, -0.2) is 24.0 Å². The minimum Gasteiger partial charge on any atom is -0.347 e.